The Morgan fingerprint density at radius 3 is 2.75 bits per heavy atom. The molecular weight excluding hydrogens is 322 g/mol. The zero-order chi connectivity index (χ0) is 16.9. The highest BCUT2D eigenvalue weighted by molar-refractivity contribution is 7.08. The maximum atomic E-state index is 12.1. The third kappa shape index (κ3) is 3.86. The van der Waals surface area contributed by atoms with Crippen LogP contribution < -0.4 is 5.32 Å². The lowest BCUT2D eigenvalue weighted by atomic mass is 9.99. The van der Waals surface area contributed by atoms with Crippen LogP contribution in [-0.2, 0) is 11.3 Å². The smallest absolute Gasteiger partial charge is 0.248 e. The predicted molar refractivity (Wildman–Crippen MR) is 94.9 cm³/mol. The summed E-state index contributed by atoms with van der Waals surface area (Å²) in [6.07, 6.45) is 1.09. The van der Waals surface area contributed by atoms with Gasteiger partial charge in [-0.3, -0.25) is 4.79 Å². The molecule has 0 saturated carbocycles. The van der Waals surface area contributed by atoms with Crippen molar-refractivity contribution in [3.8, 4) is 11.4 Å². The second-order valence-corrected chi connectivity index (χ2v) is 6.41. The monoisotopic (exact) mass is 341 g/mol. The van der Waals surface area contributed by atoms with E-state index in [0.717, 1.165) is 17.7 Å². The Morgan fingerprint density at radius 1 is 1.29 bits per heavy atom. The molecule has 1 aromatic carbocycles. The molecule has 0 saturated heterocycles. The van der Waals surface area contributed by atoms with Crippen LogP contribution in [0.4, 0.5) is 5.69 Å². The minimum Gasteiger partial charge on any atom is -0.324 e. The normalized spacial score (nSPS) is 12.1. The van der Waals surface area contributed by atoms with E-state index in [9.17, 15) is 4.79 Å². The van der Waals surface area contributed by atoms with Gasteiger partial charge < -0.3 is 5.32 Å². The molecule has 1 N–H and O–H groups in total. The first-order chi connectivity index (χ1) is 11.7. The van der Waals surface area contributed by atoms with Crippen molar-refractivity contribution < 1.29 is 4.79 Å². The fourth-order valence-electron chi connectivity index (χ4n) is 2.28. The van der Waals surface area contributed by atoms with E-state index in [1.807, 2.05) is 41.1 Å². The van der Waals surface area contributed by atoms with Gasteiger partial charge in [-0.25, -0.2) is 0 Å². The second-order valence-electron chi connectivity index (χ2n) is 5.63. The molecule has 3 rings (SSSR count). The zero-order valence-corrected chi connectivity index (χ0v) is 14.5. The molecule has 2 heterocycles. The SMILES string of the molecule is CC[C@@H](C)c1ccc(NC(=O)Cn2nnc(-c3ccsc3)n2)cc1. The van der Waals surface area contributed by atoms with E-state index in [-0.39, 0.29) is 12.5 Å². The van der Waals surface area contributed by atoms with Crippen LogP contribution >= 0.6 is 11.3 Å². The first-order valence-electron chi connectivity index (χ1n) is 7.86. The molecule has 0 aliphatic carbocycles. The van der Waals surface area contributed by atoms with Crippen molar-refractivity contribution in [3.63, 3.8) is 0 Å². The molecule has 0 unspecified atom stereocenters. The van der Waals surface area contributed by atoms with E-state index in [2.05, 4.69) is 34.6 Å². The Kier molecular flexibility index (Phi) is 5.00. The van der Waals surface area contributed by atoms with E-state index < -0.39 is 0 Å². The first-order valence-corrected chi connectivity index (χ1v) is 8.80. The van der Waals surface area contributed by atoms with Crippen LogP contribution in [0.25, 0.3) is 11.4 Å². The second kappa shape index (κ2) is 7.35. The first kappa shape index (κ1) is 16.3. The highest BCUT2D eigenvalue weighted by Crippen LogP contribution is 2.20. The summed E-state index contributed by atoms with van der Waals surface area (Å²) < 4.78 is 0. The fourth-order valence-corrected chi connectivity index (χ4v) is 2.91. The lowest BCUT2D eigenvalue weighted by Gasteiger charge is -2.10. The molecular formula is C17H19N5OS. The van der Waals surface area contributed by atoms with Crippen LogP contribution in [0.15, 0.2) is 41.1 Å². The molecule has 0 bridgehead atoms. The summed E-state index contributed by atoms with van der Waals surface area (Å²) in [5.74, 6) is 0.868. The average Bonchev–Trinajstić information content (AvgIpc) is 3.26. The van der Waals surface area contributed by atoms with E-state index in [1.54, 1.807) is 11.3 Å². The van der Waals surface area contributed by atoms with Gasteiger partial charge in [0.1, 0.15) is 6.54 Å². The molecule has 0 fully saturated rings. The summed E-state index contributed by atoms with van der Waals surface area (Å²) >= 11 is 1.57. The molecule has 0 aliphatic rings. The van der Waals surface area contributed by atoms with Crippen molar-refractivity contribution >= 4 is 22.9 Å². The predicted octanol–water partition coefficient (Wildman–Crippen LogP) is 3.55. The third-order valence-electron chi connectivity index (χ3n) is 3.89. The number of hydrogen-bond acceptors (Lipinski definition) is 5. The molecule has 2 aromatic heterocycles. The Bertz CT molecular complexity index is 795. The van der Waals surface area contributed by atoms with Crippen molar-refractivity contribution in [1.29, 1.82) is 0 Å². The van der Waals surface area contributed by atoms with Gasteiger partial charge in [0, 0.05) is 16.6 Å². The van der Waals surface area contributed by atoms with Gasteiger partial charge in [-0.2, -0.15) is 16.1 Å². The minimum absolute atomic E-state index is 0.0320. The number of anilines is 1. The molecule has 1 amide bonds. The maximum absolute atomic E-state index is 12.1. The van der Waals surface area contributed by atoms with Gasteiger partial charge >= 0.3 is 0 Å². The lowest BCUT2D eigenvalue weighted by molar-refractivity contribution is -0.117. The highest BCUT2D eigenvalue weighted by Gasteiger charge is 2.10. The van der Waals surface area contributed by atoms with E-state index in [0.29, 0.717) is 11.7 Å². The van der Waals surface area contributed by atoms with Gasteiger partial charge in [-0.15, -0.1) is 10.2 Å². The molecule has 24 heavy (non-hydrogen) atoms. The number of benzene rings is 1. The molecule has 0 spiro atoms. The number of amides is 1. The lowest BCUT2D eigenvalue weighted by Crippen LogP contribution is -2.20. The fraction of sp³-hybridized carbons (Fsp3) is 0.294. The van der Waals surface area contributed by atoms with Crippen molar-refractivity contribution in [2.24, 2.45) is 0 Å². The topological polar surface area (TPSA) is 72.7 Å². The Balaban J connectivity index is 1.59. The molecule has 3 aromatic rings. The summed E-state index contributed by atoms with van der Waals surface area (Å²) in [5, 5.41) is 18.9. The Hall–Kier alpha value is -2.54. The van der Waals surface area contributed by atoms with Crippen LogP contribution in [0.5, 0.6) is 0 Å². The van der Waals surface area contributed by atoms with Crippen molar-refractivity contribution in [2.75, 3.05) is 5.32 Å². The molecule has 7 heteroatoms. The number of nitrogens with one attached hydrogen (secondary N) is 1. The van der Waals surface area contributed by atoms with Crippen LogP contribution in [0, 0.1) is 0 Å². The van der Waals surface area contributed by atoms with Crippen LogP contribution in [-0.4, -0.2) is 26.1 Å². The molecule has 0 radical (unpaired) electrons. The van der Waals surface area contributed by atoms with Gasteiger partial charge in [0.05, 0.1) is 0 Å². The third-order valence-corrected chi connectivity index (χ3v) is 4.58. The molecule has 6 nitrogen and oxygen atoms in total. The number of rotatable bonds is 6. The minimum atomic E-state index is -0.180. The summed E-state index contributed by atoms with van der Waals surface area (Å²) in [5.41, 5.74) is 2.95. The van der Waals surface area contributed by atoms with Crippen LogP contribution in [0.3, 0.4) is 0 Å². The van der Waals surface area contributed by atoms with Crippen molar-refractivity contribution in [2.45, 2.75) is 32.7 Å². The Labute approximate surface area is 144 Å². The molecule has 124 valence electrons. The number of carbonyl (C=O) groups excluding carboxylic acids is 1. The van der Waals surface area contributed by atoms with Gasteiger partial charge in [-0.1, -0.05) is 26.0 Å². The Morgan fingerprint density at radius 2 is 2.08 bits per heavy atom. The standard InChI is InChI=1S/C17H19N5OS/c1-3-12(2)13-4-6-15(7-5-13)18-16(23)10-22-20-17(19-21-22)14-8-9-24-11-14/h4-9,11-12H,3,10H2,1-2H3,(H,18,23)/t12-/m1/s1. The van der Waals surface area contributed by atoms with E-state index in [4.69, 9.17) is 0 Å². The number of thiophene rings is 1. The van der Waals surface area contributed by atoms with Crippen LogP contribution in [0.1, 0.15) is 31.7 Å². The largest absolute Gasteiger partial charge is 0.324 e. The molecule has 0 aliphatic heterocycles. The summed E-state index contributed by atoms with van der Waals surface area (Å²) in [4.78, 5) is 13.4. The molecule has 1 atom stereocenters. The number of hydrogen-bond donors (Lipinski definition) is 1. The van der Waals surface area contributed by atoms with E-state index >= 15 is 0 Å². The summed E-state index contributed by atoms with van der Waals surface area (Å²) in [6, 6.07) is 9.86. The highest BCUT2D eigenvalue weighted by atomic mass is 32.1. The van der Waals surface area contributed by atoms with Gasteiger partial charge in [0.2, 0.25) is 11.7 Å². The van der Waals surface area contributed by atoms with Gasteiger partial charge in [0.25, 0.3) is 0 Å². The number of carbonyl (C=O) groups is 1. The zero-order valence-electron chi connectivity index (χ0n) is 13.6. The summed E-state index contributed by atoms with van der Waals surface area (Å²) in [6.45, 7) is 4.38. The van der Waals surface area contributed by atoms with Crippen LogP contribution in [0.2, 0.25) is 0 Å². The van der Waals surface area contributed by atoms with E-state index in [1.165, 1.54) is 10.4 Å². The number of aromatic nitrogens is 4. The van der Waals surface area contributed by atoms with Gasteiger partial charge in [-0.05, 0) is 46.7 Å². The summed E-state index contributed by atoms with van der Waals surface area (Å²) in [7, 11) is 0. The number of tetrazole rings is 1. The average molecular weight is 341 g/mol. The van der Waals surface area contributed by atoms with Crippen molar-refractivity contribution in [3.05, 3.63) is 46.7 Å². The maximum Gasteiger partial charge on any atom is 0.248 e. The number of nitrogens with zero attached hydrogens (tertiary/aromatic N) is 4. The van der Waals surface area contributed by atoms with Crippen molar-refractivity contribution in [1.82, 2.24) is 20.2 Å². The quantitative estimate of drug-likeness (QED) is 0.744. The van der Waals surface area contributed by atoms with Gasteiger partial charge in [0.15, 0.2) is 0 Å².